The van der Waals surface area contributed by atoms with Crippen molar-refractivity contribution in [3.8, 4) is 11.5 Å². The van der Waals surface area contributed by atoms with Gasteiger partial charge in [-0.2, -0.15) is 4.98 Å². The first-order chi connectivity index (χ1) is 17.8. The van der Waals surface area contributed by atoms with Crippen molar-refractivity contribution < 1.29 is 17.9 Å². The molecule has 1 saturated heterocycles. The topological polar surface area (TPSA) is 118 Å². The summed E-state index contributed by atoms with van der Waals surface area (Å²) >= 11 is 6.33. The normalized spacial score (nSPS) is 15.9. The van der Waals surface area contributed by atoms with Gasteiger partial charge in [0, 0.05) is 19.2 Å². The van der Waals surface area contributed by atoms with Crippen LogP contribution in [0.3, 0.4) is 0 Å². The van der Waals surface area contributed by atoms with Gasteiger partial charge >= 0.3 is 0 Å². The molecule has 1 fully saturated rings. The summed E-state index contributed by atoms with van der Waals surface area (Å²) in [6.07, 6.45) is 2.58. The maximum absolute atomic E-state index is 12.4. The first-order valence-corrected chi connectivity index (χ1v) is 13.9. The Morgan fingerprint density at radius 1 is 1.14 bits per heavy atom. The average molecular weight is 547 g/mol. The molecule has 2 aromatic carbocycles. The number of ether oxygens (including phenoxy) is 2. The summed E-state index contributed by atoms with van der Waals surface area (Å²) in [5.74, 6) is 1.84. The molecule has 1 unspecified atom stereocenters. The summed E-state index contributed by atoms with van der Waals surface area (Å²) in [6.45, 7) is 7.49. The van der Waals surface area contributed by atoms with E-state index >= 15 is 0 Å². The van der Waals surface area contributed by atoms with Crippen LogP contribution in [-0.4, -0.2) is 62.7 Å². The molecular weight excluding hydrogens is 516 g/mol. The third-order valence-electron chi connectivity index (χ3n) is 5.92. The molecule has 0 aliphatic carbocycles. The van der Waals surface area contributed by atoms with Crippen LogP contribution in [0.25, 0.3) is 0 Å². The molecule has 0 spiro atoms. The van der Waals surface area contributed by atoms with Gasteiger partial charge in [-0.3, -0.25) is 4.90 Å². The number of aromatic nitrogens is 2. The van der Waals surface area contributed by atoms with E-state index in [0.29, 0.717) is 23.7 Å². The van der Waals surface area contributed by atoms with Crippen molar-refractivity contribution in [2.75, 3.05) is 43.9 Å². The third-order valence-corrected chi connectivity index (χ3v) is 7.67. The number of likely N-dealkylation sites (N-methyl/N-ethyl adjacent to an activating group) is 1. The van der Waals surface area contributed by atoms with Crippen LogP contribution in [0.5, 0.6) is 11.5 Å². The van der Waals surface area contributed by atoms with E-state index in [1.165, 1.54) is 19.3 Å². The lowest BCUT2D eigenvalue weighted by atomic mass is 10.2. The number of para-hydroxylation sites is 1. The van der Waals surface area contributed by atoms with Gasteiger partial charge in [0.15, 0.2) is 5.82 Å². The van der Waals surface area contributed by atoms with Gasteiger partial charge in [-0.1, -0.05) is 30.7 Å². The van der Waals surface area contributed by atoms with Crippen molar-refractivity contribution >= 4 is 44.8 Å². The van der Waals surface area contributed by atoms with Crippen molar-refractivity contribution in [3.63, 3.8) is 0 Å². The van der Waals surface area contributed by atoms with Gasteiger partial charge in [0.05, 0.1) is 24.2 Å². The molecule has 198 valence electrons. The Morgan fingerprint density at radius 3 is 2.68 bits per heavy atom. The van der Waals surface area contributed by atoms with Gasteiger partial charge in [0.1, 0.15) is 27.5 Å². The number of anilines is 4. The minimum atomic E-state index is -3.70. The molecule has 12 heteroatoms. The molecule has 10 nitrogen and oxygen atoms in total. The molecule has 1 aliphatic heterocycles. The summed E-state index contributed by atoms with van der Waals surface area (Å²) in [4.78, 5) is 11.2. The SMILES string of the molecule is CCOc1cc(OC2CCN(CC)C2)ccc1Nc1ncc(Cl)c(Nc2ccccc2S(=O)(=O)NC)n1. The number of halogens is 1. The molecule has 0 bridgehead atoms. The zero-order chi connectivity index (χ0) is 26.4. The summed E-state index contributed by atoms with van der Waals surface area (Å²) < 4.78 is 39.2. The van der Waals surface area contributed by atoms with Gasteiger partial charge in [-0.15, -0.1) is 0 Å². The first kappa shape index (κ1) is 26.9. The fraction of sp³-hybridized carbons (Fsp3) is 0.360. The van der Waals surface area contributed by atoms with Crippen molar-refractivity contribution in [2.45, 2.75) is 31.3 Å². The molecule has 3 aromatic rings. The molecule has 0 radical (unpaired) electrons. The van der Waals surface area contributed by atoms with Crippen LogP contribution < -0.4 is 24.8 Å². The molecule has 1 atom stereocenters. The van der Waals surface area contributed by atoms with E-state index in [-0.39, 0.29) is 27.8 Å². The Balaban J connectivity index is 1.55. The molecule has 0 saturated carbocycles. The van der Waals surface area contributed by atoms with Crippen molar-refractivity contribution in [3.05, 3.63) is 53.7 Å². The summed E-state index contributed by atoms with van der Waals surface area (Å²) in [5, 5.41) is 6.40. The standard InChI is InChI=1S/C25H31ClN6O4S/c1-4-32-13-12-18(16-32)36-17-10-11-20(22(14-17)35-5-2)30-25-28-15-19(26)24(31-25)29-21-8-6-7-9-23(21)37(33,34)27-3/h6-11,14-15,18,27H,4-5,12-13,16H2,1-3H3,(H2,28,29,30,31). The zero-order valence-corrected chi connectivity index (χ0v) is 22.6. The zero-order valence-electron chi connectivity index (χ0n) is 21.0. The average Bonchev–Trinajstić information content (AvgIpc) is 3.35. The fourth-order valence-corrected chi connectivity index (χ4v) is 5.03. The van der Waals surface area contributed by atoms with Crippen LogP contribution in [0.4, 0.5) is 23.1 Å². The van der Waals surface area contributed by atoms with E-state index in [2.05, 4.69) is 37.1 Å². The van der Waals surface area contributed by atoms with E-state index < -0.39 is 10.0 Å². The van der Waals surface area contributed by atoms with Crippen LogP contribution in [0.15, 0.2) is 53.6 Å². The molecule has 2 heterocycles. The Bertz CT molecular complexity index is 1340. The van der Waals surface area contributed by atoms with Crippen LogP contribution in [0.2, 0.25) is 5.02 Å². The van der Waals surface area contributed by atoms with Gasteiger partial charge < -0.3 is 20.1 Å². The molecule has 1 aliphatic rings. The lowest BCUT2D eigenvalue weighted by Gasteiger charge is -2.18. The van der Waals surface area contributed by atoms with Crippen molar-refractivity contribution in [1.29, 1.82) is 0 Å². The number of nitrogens with one attached hydrogen (secondary N) is 3. The molecule has 4 rings (SSSR count). The van der Waals surface area contributed by atoms with E-state index in [1.54, 1.807) is 18.2 Å². The minimum absolute atomic E-state index is 0.0697. The minimum Gasteiger partial charge on any atom is -0.492 e. The summed E-state index contributed by atoms with van der Waals surface area (Å²) in [6, 6.07) is 12.1. The Morgan fingerprint density at radius 2 is 1.95 bits per heavy atom. The molecular formula is C25H31ClN6O4S. The largest absolute Gasteiger partial charge is 0.492 e. The van der Waals surface area contributed by atoms with Crippen LogP contribution in [0.1, 0.15) is 20.3 Å². The quantitative estimate of drug-likeness (QED) is 0.321. The Kier molecular flexibility index (Phi) is 8.70. The number of hydrogen-bond acceptors (Lipinski definition) is 9. The van der Waals surface area contributed by atoms with E-state index in [4.69, 9.17) is 21.1 Å². The number of benzene rings is 2. The smallest absolute Gasteiger partial charge is 0.242 e. The molecule has 0 amide bonds. The molecule has 1 aromatic heterocycles. The monoisotopic (exact) mass is 546 g/mol. The van der Waals surface area contributed by atoms with E-state index in [9.17, 15) is 8.42 Å². The van der Waals surface area contributed by atoms with Crippen LogP contribution in [0, 0.1) is 0 Å². The van der Waals surface area contributed by atoms with Crippen molar-refractivity contribution in [1.82, 2.24) is 19.6 Å². The highest BCUT2D eigenvalue weighted by atomic mass is 35.5. The highest BCUT2D eigenvalue weighted by Gasteiger charge is 2.23. The maximum Gasteiger partial charge on any atom is 0.242 e. The summed E-state index contributed by atoms with van der Waals surface area (Å²) in [5.41, 5.74) is 0.982. The van der Waals surface area contributed by atoms with Crippen LogP contribution in [-0.2, 0) is 10.0 Å². The Hall–Kier alpha value is -3.12. The highest BCUT2D eigenvalue weighted by molar-refractivity contribution is 7.89. The molecule has 37 heavy (non-hydrogen) atoms. The van der Waals surface area contributed by atoms with E-state index in [0.717, 1.165) is 31.8 Å². The molecule has 3 N–H and O–H groups in total. The number of sulfonamides is 1. The predicted molar refractivity (Wildman–Crippen MR) is 145 cm³/mol. The van der Waals surface area contributed by atoms with Gasteiger partial charge in [-0.05, 0) is 51.2 Å². The lowest BCUT2D eigenvalue weighted by Crippen LogP contribution is -2.24. The fourth-order valence-electron chi connectivity index (χ4n) is 4.00. The number of likely N-dealkylation sites (tertiary alicyclic amines) is 1. The number of hydrogen-bond donors (Lipinski definition) is 3. The predicted octanol–water partition coefficient (Wildman–Crippen LogP) is 4.40. The van der Waals surface area contributed by atoms with E-state index in [1.807, 2.05) is 25.1 Å². The van der Waals surface area contributed by atoms with Crippen LogP contribution >= 0.6 is 11.6 Å². The number of rotatable bonds is 11. The lowest BCUT2D eigenvalue weighted by molar-refractivity contribution is 0.201. The number of nitrogens with zero attached hydrogens (tertiary/aromatic N) is 3. The van der Waals surface area contributed by atoms with Crippen molar-refractivity contribution in [2.24, 2.45) is 0 Å². The van der Waals surface area contributed by atoms with Gasteiger partial charge in [0.2, 0.25) is 16.0 Å². The second kappa shape index (κ2) is 12.0. The second-order valence-electron chi connectivity index (χ2n) is 8.36. The van der Waals surface area contributed by atoms with Gasteiger partial charge in [0.25, 0.3) is 0 Å². The summed E-state index contributed by atoms with van der Waals surface area (Å²) in [7, 11) is -2.34. The first-order valence-electron chi connectivity index (χ1n) is 12.1. The van der Waals surface area contributed by atoms with Gasteiger partial charge in [-0.25, -0.2) is 18.1 Å². The highest BCUT2D eigenvalue weighted by Crippen LogP contribution is 2.34. The third kappa shape index (κ3) is 6.61. The second-order valence-corrected chi connectivity index (χ2v) is 10.6. The Labute approximate surface area is 222 Å². The maximum atomic E-state index is 12.4.